The van der Waals surface area contributed by atoms with E-state index in [1.807, 2.05) is 11.3 Å². The predicted octanol–water partition coefficient (Wildman–Crippen LogP) is 6.54. The first-order valence-electron chi connectivity index (χ1n) is 7.46. The van der Waals surface area contributed by atoms with Crippen molar-refractivity contribution in [2.75, 3.05) is 0 Å². The summed E-state index contributed by atoms with van der Waals surface area (Å²) in [7, 11) is 0. The fourth-order valence-corrected chi connectivity index (χ4v) is 4.04. The van der Waals surface area contributed by atoms with Gasteiger partial charge in [0, 0.05) is 9.58 Å². The highest BCUT2D eigenvalue weighted by atomic mass is 32.1. The lowest BCUT2D eigenvalue weighted by molar-refractivity contribution is 1.52. The molecule has 0 N–H and O–H groups in total. The maximum Gasteiger partial charge on any atom is 0.0361 e. The highest BCUT2D eigenvalue weighted by Crippen LogP contribution is 2.38. The molecule has 22 heavy (non-hydrogen) atoms. The first-order chi connectivity index (χ1) is 10.8. The molecule has 0 atom stereocenters. The van der Waals surface area contributed by atoms with Crippen LogP contribution in [0.3, 0.4) is 0 Å². The van der Waals surface area contributed by atoms with Gasteiger partial charge in [-0.15, -0.1) is 11.3 Å². The number of benzene rings is 3. The van der Waals surface area contributed by atoms with Gasteiger partial charge in [0.25, 0.3) is 0 Å². The van der Waals surface area contributed by atoms with Crippen LogP contribution in [0.5, 0.6) is 0 Å². The van der Waals surface area contributed by atoms with Crippen molar-refractivity contribution in [3.8, 4) is 21.6 Å². The molecule has 4 aromatic rings. The molecular weight excluding hydrogens is 284 g/mol. The van der Waals surface area contributed by atoms with Crippen LogP contribution in [0.1, 0.15) is 5.56 Å². The normalized spacial score (nSPS) is 11.0. The van der Waals surface area contributed by atoms with Crippen molar-refractivity contribution in [2.45, 2.75) is 6.92 Å². The van der Waals surface area contributed by atoms with Crippen LogP contribution in [0.2, 0.25) is 0 Å². The van der Waals surface area contributed by atoms with E-state index in [2.05, 4.69) is 85.8 Å². The number of hydrogen-bond acceptors (Lipinski definition) is 1. The van der Waals surface area contributed by atoms with Crippen molar-refractivity contribution < 1.29 is 0 Å². The zero-order valence-electron chi connectivity index (χ0n) is 12.4. The molecule has 0 amide bonds. The first kappa shape index (κ1) is 13.3. The summed E-state index contributed by atoms with van der Waals surface area (Å²) in [5, 5.41) is 1.33. The molecule has 0 aliphatic carbocycles. The number of thiophene rings is 1. The van der Waals surface area contributed by atoms with Gasteiger partial charge in [-0.05, 0) is 46.7 Å². The molecule has 0 bridgehead atoms. The Labute approximate surface area is 134 Å². The van der Waals surface area contributed by atoms with E-state index in [0.29, 0.717) is 0 Å². The number of fused-ring (bicyclic) bond motifs is 1. The van der Waals surface area contributed by atoms with Gasteiger partial charge >= 0.3 is 0 Å². The maximum atomic E-state index is 2.31. The van der Waals surface area contributed by atoms with Crippen LogP contribution in [0.4, 0.5) is 0 Å². The van der Waals surface area contributed by atoms with Crippen molar-refractivity contribution in [1.29, 1.82) is 0 Å². The number of rotatable bonds is 2. The molecule has 1 heterocycles. The van der Waals surface area contributed by atoms with Gasteiger partial charge in [0.05, 0.1) is 0 Å². The lowest BCUT2D eigenvalue weighted by atomic mass is 9.98. The van der Waals surface area contributed by atoms with Crippen LogP contribution in [-0.2, 0) is 0 Å². The van der Waals surface area contributed by atoms with Crippen LogP contribution < -0.4 is 0 Å². The minimum absolute atomic E-state index is 1.27. The summed E-state index contributed by atoms with van der Waals surface area (Å²) in [4.78, 5) is 1.33. The van der Waals surface area contributed by atoms with Crippen molar-refractivity contribution in [3.63, 3.8) is 0 Å². The van der Waals surface area contributed by atoms with Crippen molar-refractivity contribution in [2.24, 2.45) is 0 Å². The molecule has 0 unspecified atom stereocenters. The zero-order chi connectivity index (χ0) is 14.9. The summed E-state index contributed by atoms with van der Waals surface area (Å²) in [6, 6.07) is 28.3. The lowest BCUT2D eigenvalue weighted by Gasteiger charge is -2.07. The summed E-state index contributed by atoms with van der Waals surface area (Å²) in [5.74, 6) is 0. The summed E-state index contributed by atoms with van der Waals surface area (Å²) < 4.78 is 1.36. The topological polar surface area (TPSA) is 0 Å². The highest BCUT2D eigenvalue weighted by molar-refractivity contribution is 7.22. The average Bonchev–Trinajstić information content (AvgIpc) is 2.98. The standard InChI is InChI=1S/C21H16S/c1-15-11-12-17-14-21(22-20(17)13-15)19-10-6-5-9-18(19)16-7-3-2-4-8-16/h2-14H,1H3. The smallest absolute Gasteiger partial charge is 0.0361 e. The maximum absolute atomic E-state index is 2.31. The summed E-state index contributed by atoms with van der Waals surface area (Å²) in [6.45, 7) is 2.15. The van der Waals surface area contributed by atoms with Gasteiger partial charge in [-0.25, -0.2) is 0 Å². The minimum atomic E-state index is 1.27. The molecule has 1 heteroatoms. The summed E-state index contributed by atoms with van der Waals surface area (Å²) in [6.07, 6.45) is 0. The fraction of sp³-hybridized carbons (Fsp3) is 0.0476. The monoisotopic (exact) mass is 300 g/mol. The van der Waals surface area contributed by atoms with Gasteiger partial charge in [-0.2, -0.15) is 0 Å². The quantitative estimate of drug-likeness (QED) is 0.394. The van der Waals surface area contributed by atoms with E-state index in [9.17, 15) is 0 Å². The lowest BCUT2D eigenvalue weighted by Crippen LogP contribution is -1.81. The summed E-state index contributed by atoms with van der Waals surface area (Å²) >= 11 is 1.87. The Bertz CT molecular complexity index is 932. The van der Waals surface area contributed by atoms with Gasteiger partial charge in [-0.1, -0.05) is 66.7 Å². The van der Waals surface area contributed by atoms with E-state index in [4.69, 9.17) is 0 Å². The van der Waals surface area contributed by atoms with E-state index in [1.54, 1.807) is 0 Å². The molecule has 106 valence electrons. The number of aryl methyl sites for hydroxylation is 1. The van der Waals surface area contributed by atoms with Gasteiger partial charge in [0.2, 0.25) is 0 Å². The van der Waals surface area contributed by atoms with E-state index in [1.165, 1.54) is 37.2 Å². The van der Waals surface area contributed by atoms with Gasteiger partial charge < -0.3 is 0 Å². The molecule has 0 nitrogen and oxygen atoms in total. The zero-order valence-corrected chi connectivity index (χ0v) is 13.2. The Morgan fingerprint density at radius 3 is 2.23 bits per heavy atom. The molecule has 3 aromatic carbocycles. The van der Waals surface area contributed by atoms with Crippen LogP contribution in [0.25, 0.3) is 31.7 Å². The number of hydrogen-bond donors (Lipinski definition) is 0. The Hall–Kier alpha value is -2.38. The van der Waals surface area contributed by atoms with E-state index in [0.717, 1.165) is 0 Å². The SMILES string of the molecule is Cc1ccc2cc(-c3ccccc3-c3ccccc3)sc2c1. The van der Waals surface area contributed by atoms with Crippen molar-refractivity contribution in [1.82, 2.24) is 0 Å². The third-order valence-corrected chi connectivity index (χ3v) is 5.08. The van der Waals surface area contributed by atoms with E-state index >= 15 is 0 Å². The first-order valence-corrected chi connectivity index (χ1v) is 8.28. The predicted molar refractivity (Wildman–Crippen MR) is 97.4 cm³/mol. The van der Waals surface area contributed by atoms with E-state index < -0.39 is 0 Å². The van der Waals surface area contributed by atoms with Crippen LogP contribution in [-0.4, -0.2) is 0 Å². The summed E-state index contributed by atoms with van der Waals surface area (Å²) in [5.41, 5.74) is 5.20. The van der Waals surface area contributed by atoms with Crippen molar-refractivity contribution in [3.05, 3.63) is 84.4 Å². The molecule has 4 rings (SSSR count). The third kappa shape index (κ3) is 2.34. The second-order valence-corrected chi connectivity index (χ2v) is 6.65. The molecule has 0 spiro atoms. The van der Waals surface area contributed by atoms with Gasteiger partial charge in [0.1, 0.15) is 0 Å². The second-order valence-electron chi connectivity index (χ2n) is 5.56. The van der Waals surface area contributed by atoms with E-state index in [-0.39, 0.29) is 0 Å². The Morgan fingerprint density at radius 2 is 1.41 bits per heavy atom. The minimum Gasteiger partial charge on any atom is -0.135 e. The van der Waals surface area contributed by atoms with Gasteiger partial charge in [-0.3, -0.25) is 0 Å². The average molecular weight is 300 g/mol. The highest BCUT2D eigenvalue weighted by Gasteiger charge is 2.10. The third-order valence-electron chi connectivity index (χ3n) is 3.95. The molecule has 0 saturated heterocycles. The molecular formula is C21H16S. The molecule has 0 aliphatic rings. The molecule has 0 saturated carbocycles. The second kappa shape index (κ2) is 5.43. The molecule has 0 radical (unpaired) electrons. The Morgan fingerprint density at radius 1 is 0.682 bits per heavy atom. The largest absolute Gasteiger partial charge is 0.135 e. The van der Waals surface area contributed by atoms with Crippen LogP contribution >= 0.6 is 11.3 Å². The Balaban J connectivity index is 1.92. The fourth-order valence-electron chi connectivity index (χ4n) is 2.84. The van der Waals surface area contributed by atoms with Gasteiger partial charge in [0.15, 0.2) is 0 Å². The molecule has 0 aliphatic heterocycles. The van der Waals surface area contributed by atoms with Crippen LogP contribution in [0.15, 0.2) is 78.9 Å². The Kier molecular flexibility index (Phi) is 3.28. The van der Waals surface area contributed by atoms with Crippen LogP contribution in [0, 0.1) is 6.92 Å². The van der Waals surface area contributed by atoms with Crippen molar-refractivity contribution >= 4 is 21.4 Å². The molecule has 0 fully saturated rings. The molecule has 1 aromatic heterocycles.